The number of nitrogens with one attached hydrogen (secondary N) is 5. The molecular weight excluding hydrogens is 582 g/mol. The molecular formula is C31H41N7O7. The first-order valence-electron chi connectivity index (χ1n) is 14.7. The van der Waals surface area contributed by atoms with Gasteiger partial charge in [0.25, 0.3) is 0 Å². The lowest BCUT2D eigenvalue weighted by molar-refractivity contribution is -0.142. The quantitative estimate of drug-likeness (QED) is 0.137. The summed E-state index contributed by atoms with van der Waals surface area (Å²) in [5, 5.41) is 32.5. The highest BCUT2D eigenvalue weighted by Gasteiger charge is 2.35. The molecule has 2 aromatic carbocycles. The van der Waals surface area contributed by atoms with E-state index in [1.807, 2.05) is 13.8 Å². The van der Waals surface area contributed by atoms with Crippen LogP contribution in [0.2, 0.25) is 0 Å². The summed E-state index contributed by atoms with van der Waals surface area (Å²) in [5.74, 6) is -3.99. The van der Waals surface area contributed by atoms with Gasteiger partial charge in [-0.05, 0) is 29.9 Å². The number of hydrogen-bond acceptors (Lipinski definition) is 8. The Bertz CT molecular complexity index is 1350. The minimum atomic E-state index is -1.33. The normalized spacial score (nSPS) is 17.0. The Morgan fingerprint density at radius 2 is 1.31 bits per heavy atom. The number of carboxylic acids is 2. The average Bonchev–Trinajstić information content (AvgIpc) is 2.99. The van der Waals surface area contributed by atoms with Crippen molar-refractivity contribution < 1.29 is 34.2 Å². The second kappa shape index (κ2) is 16.6. The molecule has 3 rings (SSSR count). The van der Waals surface area contributed by atoms with Crippen LogP contribution in [0, 0.1) is 5.92 Å². The lowest BCUT2D eigenvalue weighted by Gasteiger charge is -2.30. The summed E-state index contributed by atoms with van der Waals surface area (Å²) in [6.45, 7) is 4.03. The van der Waals surface area contributed by atoms with Crippen LogP contribution < -0.4 is 32.3 Å². The third-order valence-electron chi connectivity index (χ3n) is 7.13. The molecule has 0 fully saturated rings. The van der Waals surface area contributed by atoms with Gasteiger partial charge in [0, 0.05) is 19.4 Å². The zero-order chi connectivity index (χ0) is 32.9. The number of nitrogens with two attached hydrogens (primary N) is 1. The van der Waals surface area contributed by atoms with Gasteiger partial charge in [-0.15, -0.1) is 0 Å². The van der Waals surface area contributed by atoms with Gasteiger partial charge in [0.2, 0.25) is 11.8 Å². The van der Waals surface area contributed by atoms with Crippen LogP contribution in [0.15, 0.2) is 65.7 Å². The zero-order valence-electron chi connectivity index (χ0n) is 25.2. The lowest BCUT2D eigenvalue weighted by atomic mass is 9.99. The number of hydrogen-bond donors (Lipinski definition) is 8. The Kier molecular flexibility index (Phi) is 12.7. The van der Waals surface area contributed by atoms with Crippen LogP contribution in [0.4, 0.5) is 4.79 Å². The van der Waals surface area contributed by atoms with Gasteiger partial charge in [0.05, 0.1) is 6.04 Å². The molecule has 0 radical (unpaired) electrons. The highest BCUT2D eigenvalue weighted by atomic mass is 16.4. The predicted octanol–water partition coefficient (Wildman–Crippen LogP) is 0.370. The van der Waals surface area contributed by atoms with Gasteiger partial charge in [-0.2, -0.15) is 0 Å². The molecule has 45 heavy (non-hydrogen) atoms. The Morgan fingerprint density at radius 3 is 1.80 bits per heavy atom. The second-order valence-corrected chi connectivity index (χ2v) is 11.3. The smallest absolute Gasteiger partial charge is 0.326 e. The fraction of sp³-hybridized carbons (Fsp3) is 0.419. The summed E-state index contributed by atoms with van der Waals surface area (Å²) in [7, 11) is 0. The molecule has 0 aliphatic carbocycles. The van der Waals surface area contributed by atoms with Crippen molar-refractivity contribution in [1.82, 2.24) is 26.6 Å². The van der Waals surface area contributed by atoms with Gasteiger partial charge in [-0.25, -0.2) is 19.4 Å². The molecule has 1 aliphatic rings. The minimum absolute atomic E-state index is 0.00324. The van der Waals surface area contributed by atoms with E-state index in [4.69, 9.17) is 5.73 Å². The third-order valence-corrected chi connectivity index (χ3v) is 7.13. The second-order valence-electron chi connectivity index (χ2n) is 11.3. The zero-order valence-corrected chi connectivity index (χ0v) is 25.2. The van der Waals surface area contributed by atoms with Crippen LogP contribution >= 0.6 is 0 Å². The molecule has 9 N–H and O–H groups in total. The molecule has 4 amide bonds. The molecule has 14 nitrogen and oxygen atoms in total. The van der Waals surface area contributed by atoms with Crippen molar-refractivity contribution in [2.45, 2.75) is 69.7 Å². The van der Waals surface area contributed by atoms with Crippen molar-refractivity contribution in [2.75, 3.05) is 6.54 Å². The minimum Gasteiger partial charge on any atom is -0.480 e. The number of aliphatic imine (C=N–C) groups is 1. The molecule has 5 atom stereocenters. The van der Waals surface area contributed by atoms with Crippen molar-refractivity contribution in [3.63, 3.8) is 0 Å². The average molecular weight is 624 g/mol. The Balaban J connectivity index is 1.78. The maximum Gasteiger partial charge on any atom is 0.326 e. The molecule has 0 saturated heterocycles. The van der Waals surface area contributed by atoms with Gasteiger partial charge in [-0.1, -0.05) is 74.5 Å². The van der Waals surface area contributed by atoms with Crippen molar-refractivity contribution in [1.29, 1.82) is 0 Å². The molecule has 2 aromatic rings. The van der Waals surface area contributed by atoms with E-state index < -0.39 is 60.0 Å². The summed E-state index contributed by atoms with van der Waals surface area (Å²) in [4.78, 5) is 68.3. The van der Waals surface area contributed by atoms with E-state index in [0.29, 0.717) is 24.1 Å². The maximum absolute atomic E-state index is 13.7. The topological polar surface area (TPSA) is 224 Å². The summed E-state index contributed by atoms with van der Waals surface area (Å²) in [6, 6.07) is 10.8. The number of benzene rings is 2. The van der Waals surface area contributed by atoms with Crippen LogP contribution in [0.5, 0.6) is 0 Å². The standard InChI is InChI=1S/C31H41N7O7/c1-18(2)15-22(26(39)35-23(28(41)42)16-19-9-5-3-6-10-19)34-27(40)25(21-13-14-33-30(32)36-21)38-31(45)37-24(29(43)44)17-20-11-7-4-8-12-20/h3-12,18,21-25H,13-17H2,1-2H3,(H,34,40)(H,35,39)(H,41,42)(H,43,44)(H3,32,33,36)(H2,37,38,45)/t21-,22-,23-,24-,25-/m0/s1. The number of carbonyl (C=O) groups is 5. The van der Waals surface area contributed by atoms with Gasteiger partial charge in [-0.3, -0.25) is 9.59 Å². The molecule has 1 heterocycles. The largest absolute Gasteiger partial charge is 0.480 e. The van der Waals surface area contributed by atoms with Gasteiger partial charge in [0.1, 0.15) is 24.2 Å². The summed E-state index contributed by atoms with van der Waals surface area (Å²) in [6.07, 6.45) is 0.503. The molecule has 1 aliphatic heterocycles. The molecule has 0 unspecified atom stereocenters. The molecule has 0 spiro atoms. The molecule has 0 aromatic heterocycles. The Hall–Kier alpha value is -5.14. The Morgan fingerprint density at radius 1 is 0.800 bits per heavy atom. The number of aliphatic carboxylic acids is 2. The van der Waals surface area contributed by atoms with Crippen LogP contribution in [0.1, 0.15) is 37.8 Å². The molecule has 0 saturated carbocycles. The fourth-order valence-corrected chi connectivity index (χ4v) is 4.89. The summed E-state index contributed by atoms with van der Waals surface area (Å²) < 4.78 is 0. The number of carboxylic acid groups (broad SMARTS) is 2. The van der Waals surface area contributed by atoms with E-state index in [2.05, 4.69) is 31.6 Å². The van der Waals surface area contributed by atoms with Crippen LogP contribution in [0.3, 0.4) is 0 Å². The first-order valence-corrected chi connectivity index (χ1v) is 14.7. The van der Waals surface area contributed by atoms with E-state index in [1.165, 1.54) is 0 Å². The molecule has 0 bridgehead atoms. The van der Waals surface area contributed by atoms with E-state index in [1.54, 1.807) is 60.7 Å². The number of rotatable bonds is 15. The molecule has 242 valence electrons. The van der Waals surface area contributed by atoms with E-state index in [9.17, 15) is 34.2 Å². The molecule has 14 heteroatoms. The number of urea groups is 1. The number of amides is 4. The van der Waals surface area contributed by atoms with Gasteiger partial charge in [0.15, 0.2) is 5.96 Å². The SMILES string of the molecule is CC(C)C[C@H](NC(=O)[C@@H](NC(=O)N[C@@H](Cc1ccccc1)C(=O)O)[C@@H]1CCNC(N)=N1)C(=O)N[C@@H](Cc1ccccc1)C(=O)O. The number of carbonyl (C=O) groups excluding carboxylic acids is 3. The van der Waals surface area contributed by atoms with E-state index in [-0.39, 0.29) is 31.1 Å². The van der Waals surface area contributed by atoms with Gasteiger partial charge < -0.3 is 42.5 Å². The van der Waals surface area contributed by atoms with E-state index >= 15 is 0 Å². The first-order chi connectivity index (χ1) is 21.4. The highest BCUT2D eigenvalue weighted by Crippen LogP contribution is 2.12. The first kappa shape index (κ1) is 34.4. The predicted molar refractivity (Wildman–Crippen MR) is 166 cm³/mol. The number of nitrogens with zero attached hydrogens (tertiary/aromatic N) is 1. The van der Waals surface area contributed by atoms with Crippen molar-refractivity contribution >= 4 is 35.7 Å². The van der Waals surface area contributed by atoms with Crippen molar-refractivity contribution in [3.05, 3.63) is 71.8 Å². The third kappa shape index (κ3) is 11.1. The highest BCUT2D eigenvalue weighted by molar-refractivity contribution is 5.94. The van der Waals surface area contributed by atoms with E-state index in [0.717, 1.165) is 0 Å². The van der Waals surface area contributed by atoms with Crippen molar-refractivity contribution in [2.24, 2.45) is 16.6 Å². The summed E-state index contributed by atoms with van der Waals surface area (Å²) in [5.41, 5.74) is 7.24. The Labute approximate surface area is 261 Å². The van der Waals surface area contributed by atoms with Crippen LogP contribution in [0.25, 0.3) is 0 Å². The number of guanidine groups is 1. The maximum atomic E-state index is 13.7. The lowest BCUT2D eigenvalue weighted by Crippen LogP contribution is -2.61. The summed E-state index contributed by atoms with van der Waals surface area (Å²) >= 11 is 0. The van der Waals surface area contributed by atoms with Crippen molar-refractivity contribution in [3.8, 4) is 0 Å². The monoisotopic (exact) mass is 623 g/mol. The van der Waals surface area contributed by atoms with Crippen LogP contribution in [-0.2, 0) is 32.0 Å². The van der Waals surface area contributed by atoms with Crippen LogP contribution in [-0.4, -0.2) is 82.7 Å². The fourth-order valence-electron chi connectivity index (χ4n) is 4.89. The van der Waals surface area contributed by atoms with Gasteiger partial charge >= 0.3 is 18.0 Å².